The van der Waals surface area contributed by atoms with E-state index in [0.717, 1.165) is 4.47 Å². The average molecular weight is 448 g/mol. The monoisotopic (exact) mass is 447 g/mol. The van der Waals surface area contributed by atoms with Crippen molar-refractivity contribution < 1.29 is 0 Å². The lowest BCUT2D eigenvalue weighted by atomic mass is 10.0. The Morgan fingerprint density at radius 1 is 0.533 bits per heavy atom. The smallest absolute Gasteiger partial charge is 0.0619 e. The predicted octanol–water partition coefficient (Wildman–Crippen LogP) is 8.37. The molecule has 0 bridgehead atoms. The van der Waals surface area contributed by atoms with E-state index in [9.17, 15) is 0 Å². The van der Waals surface area contributed by atoms with Gasteiger partial charge in [0.2, 0.25) is 0 Å². The summed E-state index contributed by atoms with van der Waals surface area (Å²) < 4.78 is 3.51. The van der Waals surface area contributed by atoms with Crippen LogP contribution in [0, 0.1) is 0 Å². The SMILES string of the molecule is Brc1ccc(-c2ccc3c4ccc5ccccc5c4n(-c4ccccc4)c3c2)cc1. The molecule has 0 spiro atoms. The minimum Gasteiger partial charge on any atom is -0.309 e. The topological polar surface area (TPSA) is 4.93 Å². The zero-order valence-electron chi connectivity index (χ0n) is 16.2. The van der Waals surface area contributed by atoms with Gasteiger partial charge in [-0.1, -0.05) is 94.8 Å². The van der Waals surface area contributed by atoms with Crippen LogP contribution in [0.3, 0.4) is 0 Å². The van der Waals surface area contributed by atoms with Crippen molar-refractivity contribution in [3.63, 3.8) is 0 Å². The molecule has 2 heteroatoms. The van der Waals surface area contributed by atoms with Crippen molar-refractivity contribution in [2.45, 2.75) is 0 Å². The molecule has 0 radical (unpaired) electrons. The van der Waals surface area contributed by atoms with Gasteiger partial charge in [-0.05, 0) is 46.8 Å². The summed E-state index contributed by atoms with van der Waals surface area (Å²) in [6.45, 7) is 0. The highest BCUT2D eigenvalue weighted by Gasteiger charge is 2.15. The van der Waals surface area contributed by atoms with Crippen LogP contribution in [0.25, 0.3) is 49.4 Å². The Labute approximate surface area is 183 Å². The van der Waals surface area contributed by atoms with E-state index in [1.54, 1.807) is 0 Å². The van der Waals surface area contributed by atoms with Gasteiger partial charge in [0.1, 0.15) is 0 Å². The highest BCUT2D eigenvalue weighted by atomic mass is 79.9. The van der Waals surface area contributed by atoms with Crippen LogP contribution in [0.5, 0.6) is 0 Å². The second-order valence-corrected chi connectivity index (χ2v) is 8.51. The number of fused-ring (bicyclic) bond motifs is 5. The third kappa shape index (κ3) is 2.68. The fourth-order valence-electron chi connectivity index (χ4n) is 4.45. The lowest BCUT2D eigenvalue weighted by Crippen LogP contribution is -1.94. The molecule has 0 fully saturated rings. The zero-order chi connectivity index (χ0) is 20.1. The Hall–Kier alpha value is -3.36. The van der Waals surface area contributed by atoms with Gasteiger partial charge in [0.15, 0.2) is 0 Å². The van der Waals surface area contributed by atoms with Crippen molar-refractivity contribution >= 4 is 48.5 Å². The third-order valence-corrected chi connectivity index (χ3v) is 6.37. The Balaban J connectivity index is 1.76. The first-order valence-corrected chi connectivity index (χ1v) is 10.9. The molecule has 0 aliphatic rings. The van der Waals surface area contributed by atoms with Crippen LogP contribution in [-0.4, -0.2) is 4.57 Å². The maximum Gasteiger partial charge on any atom is 0.0619 e. The summed E-state index contributed by atoms with van der Waals surface area (Å²) >= 11 is 3.54. The quantitative estimate of drug-likeness (QED) is 0.251. The summed E-state index contributed by atoms with van der Waals surface area (Å²) in [5.41, 5.74) is 6.12. The van der Waals surface area contributed by atoms with E-state index in [0.29, 0.717) is 0 Å². The fourth-order valence-corrected chi connectivity index (χ4v) is 4.71. The van der Waals surface area contributed by atoms with Crippen LogP contribution in [0.1, 0.15) is 0 Å². The van der Waals surface area contributed by atoms with Crippen molar-refractivity contribution in [2.75, 3.05) is 0 Å². The number of hydrogen-bond acceptors (Lipinski definition) is 0. The minimum absolute atomic E-state index is 1.09. The van der Waals surface area contributed by atoms with Gasteiger partial charge in [0.25, 0.3) is 0 Å². The number of benzene rings is 5. The highest BCUT2D eigenvalue weighted by molar-refractivity contribution is 9.10. The van der Waals surface area contributed by atoms with Crippen molar-refractivity contribution in [2.24, 2.45) is 0 Å². The molecule has 142 valence electrons. The van der Waals surface area contributed by atoms with Gasteiger partial charge in [-0.15, -0.1) is 0 Å². The van der Waals surface area contributed by atoms with Gasteiger partial charge in [-0.25, -0.2) is 0 Å². The van der Waals surface area contributed by atoms with Crippen LogP contribution in [0.4, 0.5) is 0 Å². The molecule has 0 aliphatic carbocycles. The molecule has 1 nitrogen and oxygen atoms in total. The standard InChI is InChI=1S/C28H18BrN/c29-22-14-10-19(11-15-22)21-13-16-25-26-17-12-20-6-4-5-9-24(20)28(26)30(27(25)18-21)23-7-2-1-3-8-23/h1-18H. The van der Waals surface area contributed by atoms with Crippen LogP contribution < -0.4 is 0 Å². The molecule has 1 aromatic heterocycles. The van der Waals surface area contributed by atoms with Crippen LogP contribution in [0.15, 0.2) is 114 Å². The second kappa shape index (κ2) is 6.86. The normalized spacial score (nSPS) is 11.5. The Bertz CT molecular complexity index is 1530. The molecule has 0 atom stereocenters. The Morgan fingerprint density at radius 3 is 2.07 bits per heavy atom. The molecule has 5 aromatic carbocycles. The summed E-state index contributed by atoms with van der Waals surface area (Å²) in [4.78, 5) is 0. The van der Waals surface area contributed by atoms with Crippen LogP contribution >= 0.6 is 15.9 Å². The number of aromatic nitrogens is 1. The molecule has 1 heterocycles. The molecule has 0 aliphatic heterocycles. The van der Waals surface area contributed by atoms with Gasteiger partial charge in [-0.3, -0.25) is 0 Å². The number of para-hydroxylation sites is 1. The average Bonchev–Trinajstić information content (AvgIpc) is 3.14. The molecular weight excluding hydrogens is 430 g/mol. The van der Waals surface area contributed by atoms with Gasteiger partial charge >= 0.3 is 0 Å². The first kappa shape index (κ1) is 17.5. The summed E-state index contributed by atoms with van der Waals surface area (Å²) in [6, 6.07) is 39.1. The summed E-state index contributed by atoms with van der Waals surface area (Å²) in [6.07, 6.45) is 0. The van der Waals surface area contributed by atoms with Gasteiger partial charge in [0.05, 0.1) is 11.0 Å². The maximum atomic E-state index is 3.54. The number of halogens is 1. The van der Waals surface area contributed by atoms with Gasteiger partial charge in [-0.2, -0.15) is 0 Å². The molecule has 6 rings (SSSR count). The lowest BCUT2D eigenvalue weighted by Gasteiger charge is -2.10. The van der Waals surface area contributed by atoms with Crippen molar-refractivity contribution in [3.05, 3.63) is 114 Å². The van der Waals surface area contributed by atoms with E-state index < -0.39 is 0 Å². The molecular formula is C28H18BrN. The van der Waals surface area contributed by atoms with Gasteiger partial charge < -0.3 is 4.57 Å². The van der Waals surface area contributed by atoms with E-state index in [-0.39, 0.29) is 0 Å². The third-order valence-electron chi connectivity index (χ3n) is 5.84. The first-order chi connectivity index (χ1) is 14.8. The molecule has 0 saturated heterocycles. The van der Waals surface area contributed by atoms with E-state index in [2.05, 4.69) is 130 Å². The molecule has 6 aromatic rings. The fraction of sp³-hybridized carbons (Fsp3) is 0. The summed E-state index contributed by atoms with van der Waals surface area (Å²) in [5, 5.41) is 5.11. The van der Waals surface area contributed by atoms with Crippen LogP contribution in [0.2, 0.25) is 0 Å². The van der Waals surface area contributed by atoms with E-state index in [1.807, 2.05) is 0 Å². The molecule has 0 unspecified atom stereocenters. The molecule has 30 heavy (non-hydrogen) atoms. The molecule has 0 N–H and O–H groups in total. The molecule has 0 amide bonds. The van der Waals surface area contributed by atoms with Crippen LogP contribution in [-0.2, 0) is 0 Å². The summed E-state index contributed by atoms with van der Waals surface area (Å²) in [5.74, 6) is 0. The summed E-state index contributed by atoms with van der Waals surface area (Å²) in [7, 11) is 0. The highest BCUT2D eigenvalue weighted by Crippen LogP contribution is 2.38. The van der Waals surface area contributed by atoms with Crippen molar-refractivity contribution in [1.82, 2.24) is 4.57 Å². The van der Waals surface area contributed by atoms with E-state index >= 15 is 0 Å². The van der Waals surface area contributed by atoms with E-state index in [1.165, 1.54) is 49.4 Å². The Kier molecular flexibility index (Phi) is 4.00. The van der Waals surface area contributed by atoms with Crippen molar-refractivity contribution in [1.29, 1.82) is 0 Å². The lowest BCUT2D eigenvalue weighted by molar-refractivity contribution is 1.19. The minimum atomic E-state index is 1.09. The predicted molar refractivity (Wildman–Crippen MR) is 131 cm³/mol. The number of rotatable bonds is 2. The first-order valence-electron chi connectivity index (χ1n) is 10.1. The molecule has 0 saturated carbocycles. The van der Waals surface area contributed by atoms with E-state index in [4.69, 9.17) is 0 Å². The van der Waals surface area contributed by atoms with Gasteiger partial charge in [0, 0.05) is 26.3 Å². The largest absolute Gasteiger partial charge is 0.309 e. The second-order valence-electron chi connectivity index (χ2n) is 7.59. The maximum absolute atomic E-state index is 3.54. The number of hydrogen-bond donors (Lipinski definition) is 0. The zero-order valence-corrected chi connectivity index (χ0v) is 17.8. The Morgan fingerprint density at radius 2 is 1.23 bits per heavy atom. The number of nitrogens with zero attached hydrogens (tertiary/aromatic N) is 1. The van der Waals surface area contributed by atoms with Crippen molar-refractivity contribution in [3.8, 4) is 16.8 Å².